The van der Waals surface area contributed by atoms with Crippen LogP contribution in [0.5, 0.6) is 0 Å². The van der Waals surface area contributed by atoms with Crippen LogP contribution in [0.1, 0.15) is 10.4 Å². The number of carbonyl (C=O) groups excluding carboxylic acids is 2. The number of esters is 1. The summed E-state index contributed by atoms with van der Waals surface area (Å²) in [7, 11) is 3.16. The molecule has 0 aliphatic carbocycles. The molecule has 0 saturated heterocycles. The van der Waals surface area contributed by atoms with E-state index in [-0.39, 0.29) is 5.78 Å². The maximum atomic E-state index is 12.0. The molecule has 2 rings (SSSR count). The van der Waals surface area contributed by atoms with E-state index in [9.17, 15) is 9.59 Å². The molecule has 0 N–H and O–H groups in total. The third kappa shape index (κ3) is 1.56. The monoisotopic (exact) mass is 219 g/mol. The summed E-state index contributed by atoms with van der Waals surface area (Å²) in [4.78, 5) is 25.4. The number of Topliss-reactive ketones (excluding diaryl/α,β-unsaturated/α-hetero) is 1. The van der Waals surface area contributed by atoms with E-state index < -0.39 is 11.9 Å². The van der Waals surface area contributed by atoms with Crippen LogP contribution in [0.15, 0.2) is 24.3 Å². The van der Waals surface area contributed by atoms with Gasteiger partial charge in [-0.1, -0.05) is 12.1 Å². The van der Waals surface area contributed by atoms with Crippen molar-refractivity contribution < 1.29 is 14.3 Å². The van der Waals surface area contributed by atoms with Gasteiger partial charge in [-0.05, 0) is 12.1 Å². The molecule has 1 aromatic carbocycles. The van der Waals surface area contributed by atoms with Gasteiger partial charge >= 0.3 is 5.97 Å². The molecule has 0 spiro atoms. The van der Waals surface area contributed by atoms with Crippen LogP contribution in [0.3, 0.4) is 0 Å². The van der Waals surface area contributed by atoms with Gasteiger partial charge in [0.2, 0.25) is 0 Å². The van der Waals surface area contributed by atoms with Gasteiger partial charge in [-0.2, -0.15) is 0 Å². The van der Waals surface area contributed by atoms with Gasteiger partial charge in [0.1, 0.15) is 5.92 Å². The van der Waals surface area contributed by atoms with Crippen LogP contribution in [0, 0.1) is 5.92 Å². The van der Waals surface area contributed by atoms with Crippen LogP contribution in [-0.2, 0) is 9.53 Å². The lowest BCUT2D eigenvalue weighted by atomic mass is 9.91. The van der Waals surface area contributed by atoms with Gasteiger partial charge in [-0.3, -0.25) is 9.59 Å². The number of ether oxygens (including phenoxy) is 1. The minimum Gasteiger partial charge on any atom is -0.468 e. The lowest BCUT2D eigenvalue weighted by molar-refractivity contribution is -0.143. The smallest absolute Gasteiger partial charge is 0.318 e. The van der Waals surface area contributed by atoms with E-state index in [2.05, 4.69) is 4.74 Å². The summed E-state index contributed by atoms with van der Waals surface area (Å²) in [6.45, 7) is 0.377. The van der Waals surface area contributed by atoms with E-state index in [1.807, 2.05) is 24.1 Å². The molecule has 1 aliphatic heterocycles. The Balaban J connectivity index is 2.42. The minimum atomic E-state index is -0.704. The Morgan fingerprint density at radius 1 is 1.44 bits per heavy atom. The number of ketones is 1. The van der Waals surface area contributed by atoms with Crippen molar-refractivity contribution in [2.75, 3.05) is 25.6 Å². The van der Waals surface area contributed by atoms with Gasteiger partial charge in [0.05, 0.1) is 7.11 Å². The SMILES string of the molecule is COC(=O)C1CN(C)c2ccccc2C1=O. The summed E-state index contributed by atoms with van der Waals surface area (Å²) >= 11 is 0. The van der Waals surface area contributed by atoms with Crippen molar-refractivity contribution in [3.8, 4) is 0 Å². The first kappa shape index (κ1) is 10.7. The predicted molar refractivity (Wildman–Crippen MR) is 59.5 cm³/mol. The zero-order valence-electron chi connectivity index (χ0n) is 9.27. The number of anilines is 1. The molecule has 1 aromatic rings. The van der Waals surface area contributed by atoms with Crippen molar-refractivity contribution in [3.05, 3.63) is 29.8 Å². The van der Waals surface area contributed by atoms with Gasteiger partial charge in [0, 0.05) is 24.8 Å². The number of fused-ring (bicyclic) bond motifs is 1. The van der Waals surface area contributed by atoms with Crippen molar-refractivity contribution in [2.24, 2.45) is 5.92 Å². The molecule has 0 fully saturated rings. The van der Waals surface area contributed by atoms with Crippen LogP contribution >= 0.6 is 0 Å². The fourth-order valence-electron chi connectivity index (χ4n) is 1.98. The van der Waals surface area contributed by atoms with E-state index in [0.717, 1.165) is 5.69 Å². The number of para-hydroxylation sites is 1. The Morgan fingerprint density at radius 2 is 2.12 bits per heavy atom. The summed E-state index contributed by atoms with van der Waals surface area (Å²) in [6.07, 6.45) is 0. The molecule has 0 saturated carbocycles. The Kier molecular flexibility index (Phi) is 2.64. The first-order valence-electron chi connectivity index (χ1n) is 5.07. The fraction of sp³-hybridized carbons (Fsp3) is 0.333. The van der Waals surface area contributed by atoms with E-state index in [0.29, 0.717) is 12.1 Å². The van der Waals surface area contributed by atoms with Gasteiger partial charge in [0.15, 0.2) is 5.78 Å². The predicted octanol–water partition coefficient (Wildman–Crippen LogP) is 1.11. The molecule has 0 aromatic heterocycles. The molecule has 4 heteroatoms. The summed E-state index contributed by atoms with van der Waals surface area (Å²) in [6, 6.07) is 7.29. The first-order valence-corrected chi connectivity index (χ1v) is 5.07. The Labute approximate surface area is 93.8 Å². The van der Waals surface area contributed by atoms with E-state index >= 15 is 0 Å². The molecule has 1 unspecified atom stereocenters. The average molecular weight is 219 g/mol. The molecule has 1 aliphatic rings. The first-order chi connectivity index (χ1) is 7.65. The molecular formula is C12H13NO3. The largest absolute Gasteiger partial charge is 0.468 e. The maximum Gasteiger partial charge on any atom is 0.318 e. The third-order valence-electron chi connectivity index (χ3n) is 2.84. The lowest BCUT2D eigenvalue weighted by Crippen LogP contribution is -2.41. The van der Waals surface area contributed by atoms with Crippen LogP contribution in [0.25, 0.3) is 0 Å². The number of benzene rings is 1. The van der Waals surface area contributed by atoms with Gasteiger partial charge in [0.25, 0.3) is 0 Å². The van der Waals surface area contributed by atoms with Crippen molar-refractivity contribution in [2.45, 2.75) is 0 Å². The highest BCUT2D eigenvalue weighted by atomic mass is 16.5. The molecule has 0 amide bonds. The van der Waals surface area contributed by atoms with E-state index in [4.69, 9.17) is 0 Å². The molecule has 0 bridgehead atoms. The van der Waals surface area contributed by atoms with Crippen molar-refractivity contribution in [1.82, 2.24) is 0 Å². The van der Waals surface area contributed by atoms with Crippen molar-refractivity contribution in [1.29, 1.82) is 0 Å². The van der Waals surface area contributed by atoms with Crippen molar-refractivity contribution in [3.63, 3.8) is 0 Å². The van der Waals surface area contributed by atoms with Crippen LogP contribution < -0.4 is 4.90 Å². The normalized spacial score (nSPS) is 19.2. The van der Waals surface area contributed by atoms with Crippen LogP contribution in [0.2, 0.25) is 0 Å². The summed E-state index contributed by atoms with van der Waals surface area (Å²) in [5, 5.41) is 0. The minimum absolute atomic E-state index is 0.152. The van der Waals surface area contributed by atoms with Crippen LogP contribution in [-0.4, -0.2) is 32.5 Å². The lowest BCUT2D eigenvalue weighted by Gasteiger charge is -2.30. The molecular weight excluding hydrogens is 206 g/mol. The highest BCUT2D eigenvalue weighted by Gasteiger charge is 2.35. The number of methoxy groups -OCH3 is 1. The number of hydrogen-bond donors (Lipinski definition) is 0. The van der Waals surface area contributed by atoms with Gasteiger partial charge < -0.3 is 9.64 Å². The second kappa shape index (κ2) is 3.96. The highest BCUT2D eigenvalue weighted by molar-refractivity contribution is 6.13. The molecule has 4 nitrogen and oxygen atoms in total. The molecule has 1 heterocycles. The standard InChI is InChI=1S/C12H13NO3/c1-13-7-9(12(15)16-2)11(14)8-5-3-4-6-10(8)13/h3-6,9H,7H2,1-2H3. The molecule has 1 atom stereocenters. The molecule has 0 radical (unpaired) electrons. The summed E-state index contributed by atoms with van der Waals surface area (Å²) in [5.74, 6) is -1.32. The van der Waals surface area contributed by atoms with Crippen LogP contribution in [0.4, 0.5) is 5.69 Å². The Morgan fingerprint density at radius 3 is 2.81 bits per heavy atom. The quantitative estimate of drug-likeness (QED) is 0.524. The number of hydrogen-bond acceptors (Lipinski definition) is 4. The van der Waals surface area contributed by atoms with Gasteiger partial charge in [-0.15, -0.1) is 0 Å². The molecule has 16 heavy (non-hydrogen) atoms. The maximum absolute atomic E-state index is 12.0. The zero-order valence-corrected chi connectivity index (χ0v) is 9.27. The Hall–Kier alpha value is -1.84. The number of rotatable bonds is 1. The number of nitrogens with zero attached hydrogens (tertiary/aromatic N) is 1. The van der Waals surface area contributed by atoms with E-state index in [1.165, 1.54) is 7.11 Å². The highest BCUT2D eigenvalue weighted by Crippen LogP contribution is 2.28. The summed E-state index contributed by atoms with van der Waals surface area (Å²) < 4.78 is 4.64. The average Bonchev–Trinajstić information content (AvgIpc) is 2.33. The summed E-state index contributed by atoms with van der Waals surface area (Å²) in [5.41, 5.74) is 1.46. The third-order valence-corrected chi connectivity index (χ3v) is 2.84. The van der Waals surface area contributed by atoms with Gasteiger partial charge in [-0.25, -0.2) is 0 Å². The topological polar surface area (TPSA) is 46.6 Å². The fourth-order valence-corrected chi connectivity index (χ4v) is 1.98. The second-order valence-electron chi connectivity index (χ2n) is 3.84. The zero-order chi connectivity index (χ0) is 11.7. The molecule has 84 valence electrons. The number of carbonyl (C=O) groups is 2. The van der Waals surface area contributed by atoms with E-state index in [1.54, 1.807) is 12.1 Å². The van der Waals surface area contributed by atoms with Crippen molar-refractivity contribution >= 4 is 17.4 Å². The second-order valence-corrected chi connectivity index (χ2v) is 3.84. The Bertz CT molecular complexity index is 442.